The first-order chi connectivity index (χ1) is 10.2. The van der Waals surface area contributed by atoms with Gasteiger partial charge in [0.1, 0.15) is 12.1 Å². The van der Waals surface area contributed by atoms with E-state index in [1.54, 1.807) is 18.3 Å². The summed E-state index contributed by atoms with van der Waals surface area (Å²) < 4.78 is 18.6. The first kappa shape index (κ1) is 13.9. The van der Waals surface area contributed by atoms with E-state index in [1.165, 1.54) is 12.1 Å². The Labute approximate surface area is 122 Å². The van der Waals surface area contributed by atoms with Gasteiger partial charge in [0.25, 0.3) is 0 Å². The van der Waals surface area contributed by atoms with Crippen molar-refractivity contribution >= 4 is 6.29 Å². The summed E-state index contributed by atoms with van der Waals surface area (Å²) in [5.74, 6) is 1.23. The molecule has 0 aliphatic carbocycles. The quantitative estimate of drug-likeness (QED) is 0.812. The molecule has 0 amide bonds. The summed E-state index contributed by atoms with van der Waals surface area (Å²) >= 11 is 0. The lowest BCUT2D eigenvalue weighted by molar-refractivity contribution is -0.112. The van der Waals surface area contributed by atoms with Crippen LogP contribution in [0, 0.1) is 11.7 Å². The third-order valence-corrected chi connectivity index (χ3v) is 3.87. The molecule has 1 saturated heterocycles. The van der Waals surface area contributed by atoms with Crippen LogP contribution in [0.2, 0.25) is 0 Å². The van der Waals surface area contributed by atoms with E-state index in [0.717, 1.165) is 37.8 Å². The van der Waals surface area contributed by atoms with Gasteiger partial charge in [-0.2, -0.15) is 0 Å². The Morgan fingerprint density at radius 3 is 2.67 bits per heavy atom. The van der Waals surface area contributed by atoms with Crippen molar-refractivity contribution in [1.29, 1.82) is 0 Å². The number of nitrogens with zero attached hydrogens (tertiary/aromatic N) is 2. The minimum absolute atomic E-state index is 0.195. The highest BCUT2D eigenvalue weighted by Crippen LogP contribution is 2.22. The molecular weight excluding hydrogens is 271 g/mol. The van der Waals surface area contributed by atoms with Crippen LogP contribution in [0.1, 0.15) is 18.7 Å². The number of halogens is 1. The van der Waals surface area contributed by atoms with Gasteiger partial charge < -0.3 is 9.21 Å². The van der Waals surface area contributed by atoms with Gasteiger partial charge in [-0.15, -0.1) is 0 Å². The standard InChI is InChI=1S/C16H17FN2O2/c17-14-3-1-13(2-4-14)15-9-18-16(21-15)10-19-7-5-12(11-20)6-8-19/h1-4,9,11-12H,5-8,10H2. The van der Waals surface area contributed by atoms with E-state index < -0.39 is 0 Å². The van der Waals surface area contributed by atoms with Crippen LogP contribution in [-0.2, 0) is 11.3 Å². The molecule has 1 aromatic heterocycles. The molecule has 0 saturated carbocycles. The van der Waals surface area contributed by atoms with Gasteiger partial charge in [0.15, 0.2) is 5.76 Å². The Morgan fingerprint density at radius 1 is 1.29 bits per heavy atom. The predicted molar refractivity (Wildman–Crippen MR) is 76.0 cm³/mol. The van der Waals surface area contributed by atoms with Crippen LogP contribution in [0.15, 0.2) is 34.9 Å². The van der Waals surface area contributed by atoms with Crippen LogP contribution >= 0.6 is 0 Å². The van der Waals surface area contributed by atoms with Gasteiger partial charge in [-0.1, -0.05) is 0 Å². The number of benzene rings is 1. The van der Waals surface area contributed by atoms with Crippen molar-refractivity contribution in [3.05, 3.63) is 42.2 Å². The second-order valence-corrected chi connectivity index (χ2v) is 5.37. The van der Waals surface area contributed by atoms with Crippen molar-refractivity contribution in [2.24, 2.45) is 5.92 Å². The fourth-order valence-electron chi connectivity index (χ4n) is 2.57. The van der Waals surface area contributed by atoms with Crippen molar-refractivity contribution in [2.75, 3.05) is 13.1 Å². The average molecular weight is 288 g/mol. The number of hydrogen-bond donors (Lipinski definition) is 0. The van der Waals surface area contributed by atoms with Crippen molar-refractivity contribution in [3.63, 3.8) is 0 Å². The third-order valence-electron chi connectivity index (χ3n) is 3.87. The molecule has 3 rings (SSSR count). The topological polar surface area (TPSA) is 46.3 Å². The fourth-order valence-corrected chi connectivity index (χ4v) is 2.57. The van der Waals surface area contributed by atoms with Crippen LogP contribution in [0.25, 0.3) is 11.3 Å². The Kier molecular flexibility index (Phi) is 4.10. The van der Waals surface area contributed by atoms with E-state index in [4.69, 9.17) is 4.42 Å². The van der Waals surface area contributed by atoms with Gasteiger partial charge in [-0.05, 0) is 50.2 Å². The van der Waals surface area contributed by atoms with Crippen molar-refractivity contribution in [2.45, 2.75) is 19.4 Å². The summed E-state index contributed by atoms with van der Waals surface area (Å²) in [6, 6.07) is 6.16. The van der Waals surface area contributed by atoms with E-state index in [2.05, 4.69) is 9.88 Å². The van der Waals surface area contributed by atoms with Crippen LogP contribution in [0.5, 0.6) is 0 Å². The summed E-state index contributed by atoms with van der Waals surface area (Å²) in [5.41, 5.74) is 0.815. The van der Waals surface area contributed by atoms with Gasteiger partial charge >= 0.3 is 0 Å². The lowest BCUT2D eigenvalue weighted by Crippen LogP contribution is -2.33. The maximum atomic E-state index is 12.9. The highest BCUT2D eigenvalue weighted by molar-refractivity contribution is 5.56. The normalized spacial score (nSPS) is 17.0. The maximum Gasteiger partial charge on any atom is 0.209 e. The highest BCUT2D eigenvalue weighted by atomic mass is 19.1. The number of carbonyl (C=O) groups is 1. The maximum absolute atomic E-state index is 12.9. The Morgan fingerprint density at radius 2 is 2.00 bits per heavy atom. The lowest BCUT2D eigenvalue weighted by Gasteiger charge is -2.28. The molecule has 5 heteroatoms. The van der Waals surface area contributed by atoms with E-state index in [9.17, 15) is 9.18 Å². The van der Waals surface area contributed by atoms with Crippen LogP contribution < -0.4 is 0 Å². The monoisotopic (exact) mass is 288 g/mol. The molecule has 110 valence electrons. The summed E-state index contributed by atoms with van der Waals surface area (Å²) in [7, 11) is 0. The number of rotatable bonds is 4. The molecule has 1 aromatic carbocycles. The van der Waals surface area contributed by atoms with E-state index in [1.807, 2.05) is 0 Å². The SMILES string of the molecule is O=CC1CCN(Cc2ncc(-c3ccc(F)cc3)o2)CC1. The zero-order chi connectivity index (χ0) is 14.7. The molecule has 4 nitrogen and oxygen atoms in total. The minimum Gasteiger partial charge on any atom is -0.439 e. The summed E-state index contributed by atoms with van der Waals surface area (Å²) in [6.45, 7) is 2.42. The molecule has 0 bridgehead atoms. The molecule has 1 aliphatic rings. The number of oxazole rings is 1. The first-order valence-electron chi connectivity index (χ1n) is 7.13. The average Bonchev–Trinajstić information content (AvgIpc) is 2.97. The van der Waals surface area contributed by atoms with Crippen LogP contribution in [0.3, 0.4) is 0 Å². The Bertz CT molecular complexity index is 601. The molecular formula is C16H17FN2O2. The van der Waals surface area contributed by atoms with E-state index in [-0.39, 0.29) is 11.7 Å². The Balaban J connectivity index is 1.63. The predicted octanol–water partition coefficient (Wildman–Crippen LogP) is 2.89. The van der Waals surface area contributed by atoms with E-state index >= 15 is 0 Å². The highest BCUT2D eigenvalue weighted by Gasteiger charge is 2.20. The zero-order valence-corrected chi connectivity index (χ0v) is 11.7. The molecule has 0 unspecified atom stereocenters. The molecule has 21 heavy (non-hydrogen) atoms. The smallest absolute Gasteiger partial charge is 0.209 e. The number of piperidine rings is 1. The van der Waals surface area contributed by atoms with Gasteiger partial charge in [-0.25, -0.2) is 9.37 Å². The fraction of sp³-hybridized carbons (Fsp3) is 0.375. The zero-order valence-electron chi connectivity index (χ0n) is 11.7. The summed E-state index contributed by atoms with van der Waals surface area (Å²) in [6.07, 6.45) is 4.51. The number of aldehydes is 1. The van der Waals surface area contributed by atoms with Gasteiger partial charge in [0, 0.05) is 11.5 Å². The largest absolute Gasteiger partial charge is 0.439 e. The van der Waals surface area contributed by atoms with Crippen LogP contribution in [0.4, 0.5) is 4.39 Å². The van der Waals surface area contributed by atoms with Crippen molar-refractivity contribution in [3.8, 4) is 11.3 Å². The van der Waals surface area contributed by atoms with Crippen molar-refractivity contribution < 1.29 is 13.6 Å². The van der Waals surface area contributed by atoms with Gasteiger partial charge in [-0.3, -0.25) is 4.90 Å². The number of hydrogen-bond acceptors (Lipinski definition) is 4. The molecule has 0 N–H and O–H groups in total. The first-order valence-corrected chi connectivity index (χ1v) is 7.13. The molecule has 1 aliphatic heterocycles. The van der Waals surface area contributed by atoms with E-state index in [0.29, 0.717) is 18.2 Å². The molecule has 0 spiro atoms. The Hall–Kier alpha value is -2.01. The number of aromatic nitrogens is 1. The lowest BCUT2D eigenvalue weighted by atomic mass is 9.99. The summed E-state index contributed by atoms with van der Waals surface area (Å²) in [5, 5.41) is 0. The van der Waals surface area contributed by atoms with Crippen molar-refractivity contribution in [1.82, 2.24) is 9.88 Å². The molecule has 2 heterocycles. The van der Waals surface area contributed by atoms with Gasteiger partial charge in [0.2, 0.25) is 5.89 Å². The molecule has 2 aromatic rings. The molecule has 1 fully saturated rings. The molecule has 0 radical (unpaired) electrons. The summed E-state index contributed by atoms with van der Waals surface area (Å²) in [4.78, 5) is 17.2. The number of carbonyl (C=O) groups excluding carboxylic acids is 1. The minimum atomic E-state index is -0.267. The van der Waals surface area contributed by atoms with Crippen LogP contribution in [-0.4, -0.2) is 29.3 Å². The second-order valence-electron chi connectivity index (χ2n) is 5.37. The number of likely N-dealkylation sites (tertiary alicyclic amines) is 1. The third kappa shape index (κ3) is 3.36. The van der Waals surface area contributed by atoms with Gasteiger partial charge in [0.05, 0.1) is 12.7 Å². The second kappa shape index (κ2) is 6.18. The molecule has 0 atom stereocenters.